The van der Waals surface area contributed by atoms with E-state index in [2.05, 4.69) is 24.1 Å². The molecule has 0 fully saturated rings. The lowest BCUT2D eigenvalue weighted by Crippen LogP contribution is -2.39. The van der Waals surface area contributed by atoms with Crippen molar-refractivity contribution >= 4 is 11.7 Å². The van der Waals surface area contributed by atoms with Gasteiger partial charge in [-0.1, -0.05) is 13.8 Å². The van der Waals surface area contributed by atoms with E-state index in [1.165, 1.54) is 13.8 Å². The van der Waals surface area contributed by atoms with Crippen molar-refractivity contribution in [3.8, 4) is 0 Å². The molecule has 0 amide bonds. The molecule has 7 nitrogen and oxygen atoms in total. The number of hydrogen-bond donors (Lipinski definition) is 1. The van der Waals surface area contributed by atoms with Crippen LogP contribution in [0.5, 0.6) is 0 Å². The lowest BCUT2D eigenvalue weighted by atomic mass is 10.2. The van der Waals surface area contributed by atoms with Gasteiger partial charge in [-0.05, 0) is 43.8 Å². The smallest absolute Gasteiger partial charge is 0.338 e. The van der Waals surface area contributed by atoms with Crippen LogP contribution in [-0.4, -0.2) is 47.7 Å². The number of nitrogens with zero attached hydrogens (tertiary/aromatic N) is 2. The Bertz CT molecular complexity index is 539. The molecule has 1 N–H and O–H groups in total. The SMILES string of the molecule is CCN(CC)CCCOC(=O)c1ccc(NC(C)(C)[N+](=O)[O-])cc1. The first-order valence-electron chi connectivity index (χ1n) is 8.22. The van der Waals surface area contributed by atoms with Gasteiger partial charge in [0, 0.05) is 31.0 Å². The van der Waals surface area contributed by atoms with Gasteiger partial charge in [0.15, 0.2) is 0 Å². The molecule has 0 bridgehead atoms. The average Bonchev–Trinajstić information content (AvgIpc) is 2.55. The molecule has 0 aromatic heterocycles. The quantitative estimate of drug-likeness (QED) is 0.232. The van der Waals surface area contributed by atoms with Crippen LogP contribution in [-0.2, 0) is 4.74 Å². The number of benzene rings is 1. The highest BCUT2D eigenvalue weighted by Gasteiger charge is 2.29. The molecule has 0 saturated heterocycles. The Morgan fingerprint density at radius 1 is 1.25 bits per heavy atom. The van der Waals surface area contributed by atoms with E-state index in [9.17, 15) is 14.9 Å². The summed E-state index contributed by atoms with van der Waals surface area (Å²) in [6.07, 6.45) is 0.796. The van der Waals surface area contributed by atoms with Gasteiger partial charge < -0.3 is 15.0 Å². The van der Waals surface area contributed by atoms with Crippen molar-refractivity contribution in [1.82, 2.24) is 4.90 Å². The van der Waals surface area contributed by atoms with Crippen molar-refractivity contribution in [1.29, 1.82) is 0 Å². The molecule has 1 aromatic rings. The van der Waals surface area contributed by atoms with Gasteiger partial charge in [-0.15, -0.1) is 0 Å². The highest BCUT2D eigenvalue weighted by Crippen LogP contribution is 2.16. The predicted octanol–water partition coefficient (Wildman–Crippen LogP) is 3.00. The van der Waals surface area contributed by atoms with Gasteiger partial charge in [0.2, 0.25) is 0 Å². The van der Waals surface area contributed by atoms with Crippen molar-refractivity contribution in [3.63, 3.8) is 0 Å². The Kier molecular flexibility index (Phi) is 7.64. The van der Waals surface area contributed by atoms with E-state index in [0.717, 1.165) is 26.1 Å². The molecule has 1 aromatic carbocycles. The molecule has 7 heteroatoms. The van der Waals surface area contributed by atoms with Crippen LogP contribution < -0.4 is 5.32 Å². The Morgan fingerprint density at radius 2 is 1.83 bits per heavy atom. The molecule has 0 aliphatic carbocycles. The van der Waals surface area contributed by atoms with Crippen LogP contribution in [0.3, 0.4) is 0 Å². The van der Waals surface area contributed by atoms with Crippen molar-refractivity contribution in [3.05, 3.63) is 39.9 Å². The third-order valence-corrected chi connectivity index (χ3v) is 3.77. The van der Waals surface area contributed by atoms with E-state index in [1.54, 1.807) is 24.3 Å². The van der Waals surface area contributed by atoms with Crippen LogP contribution in [0.4, 0.5) is 5.69 Å². The normalized spacial score (nSPS) is 11.4. The molecule has 0 aliphatic heterocycles. The van der Waals surface area contributed by atoms with Crippen molar-refractivity contribution < 1.29 is 14.5 Å². The van der Waals surface area contributed by atoms with Gasteiger partial charge in [-0.2, -0.15) is 0 Å². The van der Waals surface area contributed by atoms with Crippen molar-refractivity contribution in [2.45, 2.75) is 39.8 Å². The monoisotopic (exact) mass is 337 g/mol. The molecule has 0 radical (unpaired) electrons. The number of carbonyl (C=O) groups is 1. The Morgan fingerprint density at radius 3 is 2.33 bits per heavy atom. The van der Waals surface area contributed by atoms with E-state index >= 15 is 0 Å². The van der Waals surface area contributed by atoms with Crippen molar-refractivity contribution in [2.75, 3.05) is 31.6 Å². The third-order valence-electron chi connectivity index (χ3n) is 3.77. The number of esters is 1. The molecule has 0 aliphatic rings. The molecule has 0 heterocycles. The minimum absolute atomic E-state index is 0.379. The summed E-state index contributed by atoms with van der Waals surface area (Å²) < 4.78 is 5.25. The zero-order chi connectivity index (χ0) is 18.2. The van der Waals surface area contributed by atoms with Gasteiger partial charge >= 0.3 is 5.97 Å². The van der Waals surface area contributed by atoms with E-state index in [-0.39, 0.29) is 5.97 Å². The number of hydrogen-bond acceptors (Lipinski definition) is 6. The summed E-state index contributed by atoms with van der Waals surface area (Å²) >= 11 is 0. The molecule has 24 heavy (non-hydrogen) atoms. The third kappa shape index (κ3) is 6.16. The van der Waals surface area contributed by atoms with Crippen molar-refractivity contribution in [2.24, 2.45) is 0 Å². The summed E-state index contributed by atoms with van der Waals surface area (Å²) in [7, 11) is 0. The molecule has 0 spiro atoms. The van der Waals surface area contributed by atoms with E-state index in [0.29, 0.717) is 17.9 Å². The van der Waals surface area contributed by atoms with Gasteiger partial charge in [-0.25, -0.2) is 4.79 Å². The maximum atomic E-state index is 12.0. The van der Waals surface area contributed by atoms with Crippen LogP contribution in [0.25, 0.3) is 0 Å². The largest absolute Gasteiger partial charge is 0.462 e. The highest BCUT2D eigenvalue weighted by molar-refractivity contribution is 5.89. The van der Waals surface area contributed by atoms with Crippen LogP contribution in [0.2, 0.25) is 0 Å². The Balaban J connectivity index is 2.48. The minimum atomic E-state index is -1.27. The molecule has 134 valence electrons. The molecule has 0 unspecified atom stereocenters. The molecule has 1 rings (SSSR count). The lowest BCUT2D eigenvalue weighted by Gasteiger charge is -2.18. The van der Waals surface area contributed by atoms with Gasteiger partial charge in [0.25, 0.3) is 5.66 Å². The summed E-state index contributed by atoms with van der Waals surface area (Å²) in [4.78, 5) is 24.7. The number of anilines is 1. The van der Waals surface area contributed by atoms with Gasteiger partial charge in [0.1, 0.15) is 0 Å². The number of carbonyl (C=O) groups excluding carboxylic acids is 1. The summed E-state index contributed by atoms with van der Waals surface area (Å²) in [5, 5.41) is 13.7. The number of nitrogens with one attached hydrogen (secondary N) is 1. The zero-order valence-corrected chi connectivity index (χ0v) is 14.9. The van der Waals surface area contributed by atoms with Crippen LogP contribution >= 0.6 is 0 Å². The second-order valence-electron chi connectivity index (χ2n) is 6.03. The van der Waals surface area contributed by atoms with Crippen LogP contribution in [0.15, 0.2) is 24.3 Å². The first-order chi connectivity index (χ1) is 11.3. The van der Waals surface area contributed by atoms with E-state index in [1.807, 2.05) is 0 Å². The molecular formula is C17H27N3O4. The summed E-state index contributed by atoms with van der Waals surface area (Å²) in [6, 6.07) is 6.48. The summed E-state index contributed by atoms with van der Waals surface area (Å²) in [5.74, 6) is -0.380. The second-order valence-corrected chi connectivity index (χ2v) is 6.03. The first kappa shape index (κ1) is 19.9. The van der Waals surface area contributed by atoms with Crippen LogP contribution in [0.1, 0.15) is 44.5 Å². The minimum Gasteiger partial charge on any atom is -0.462 e. The van der Waals surface area contributed by atoms with Gasteiger partial charge in [0.05, 0.1) is 12.2 Å². The zero-order valence-electron chi connectivity index (χ0n) is 14.9. The maximum Gasteiger partial charge on any atom is 0.338 e. The summed E-state index contributed by atoms with van der Waals surface area (Å²) in [5.41, 5.74) is -0.260. The standard InChI is InChI=1S/C17H27N3O4/c1-5-19(6-2)12-7-13-24-16(21)14-8-10-15(11-9-14)18-17(3,4)20(22)23/h8-11,18H,5-7,12-13H2,1-4H3. The fourth-order valence-electron chi connectivity index (χ4n) is 2.16. The fraction of sp³-hybridized carbons (Fsp3) is 0.588. The second kappa shape index (κ2) is 9.22. The number of nitro groups is 1. The Hall–Kier alpha value is -2.15. The summed E-state index contributed by atoms with van der Waals surface area (Å²) in [6.45, 7) is 10.4. The van der Waals surface area contributed by atoms with Gasteiger partial charge in [-0.3, -0.25) is 10.1 Å². The topological polar surface area (TPSA) is 84.7 Å². The van der Waals surface area contributed by atoms with Crippen LogP contribution in [0, 0.1) is 10.1 Å². The predicted molar refractivity (Wildman–Crippen MR) is 93.8 cm³/mol. The number of ether oxygens (including phenoxy) is 1. The maximum absolute atomic E-state index is 12.0. The fourth-order valence-corrected chi connectivity index (χ4v) is 2.16. The van der Waals surface area contributed by atoms with E-state index < -0.39 is 10.6 Å². The molecule has 0 atom stereocenters. The molecular weight excluding hydrogens is 310 g/mol. The average molecular weight is 337 g/mol. The van der Waals surface area contributed by atoms with E-state index in [4.69, 9.17) is 4.74 Å². The highest BCUT2D eigenvalue weighted by atomic mass is 16.6. The molecule has 0 saturated carbocycles. The lowest BCUT2D eigenvalue weighted by molar-refractivity contribution is -0.551. The Labute approximate surface area is 143 Å². The number of rotatable bonds is 10. The first-order valence-corrected chi connectivity index (χ1v) is 8.22.